The Labute approximate surface area is 201 Å². The fourth-order valence-electron chi connectivity index (χ4n) is 3.53. The van der Waals surface area contributed by atoms with Gasteiger partial charge in [-0.25, -0.2) is 0 Å². The van der Waals surface area contributed by atoms with Crippen molar-refractivity contribution in [2.45, 2.75) is 19.4 Å². The Morgan fingerprint density at radius 3 is 2.37 bits per heavy atom. The third kappa shape index (κ3) is 7.96. The third-order valence-electron chi connectivity index (χ3n) is 5.15. The van der Waals surface area contributed by atoms with Gasteiger partial charge in [-0.3, -0.25) is 14.6 Å². The first-order valence-electron chi connectivity index (χ1n) is 10.4. The number of piperazine rings is 1. The maximum absolute atomic E-state index is 6.33. The molecule has 1 aromatic carbocycles. The second-order valence-corrected chi connectivity index (χ2v) is 7.59. The molecule has 30 heavy (non-hydrogen) atoms. The Morgan fingerprint density at radius 1 is 1.03 bits per heavy atom. The molecule has 0 aliphatic carbocycles. The molecule has 0 radical (unpaired) electrons. The fourth-order valence-corrected chi connectivity index (χ4v) is 3.79. The summed E-state index contributed by atoms with van der Waals surface area (Å²) in [4.78, 5) is 9.20. The summed E-state index contributed by atoms with van der Waals surface area (Å²) in [6.45, 7) is 8.01. The SMILES string of the molecule is CN=C(NCCCN1CCN(c2ccccc2Cl)CC1)NCCCn1cccn1.I. The van der Waals surface area contributed by atoms with Crippen LogP contribution in [0.5, 0.6) is 0 Å². The monoisotopic (exact) mass is 545 g/mol. The highest BCUT2D eigenvalue weighted by Gasteiger charge is 2.18. The zero-order valence-corrected chi connectivity index (χ0v) is 20.7. The van der Waals surface area contributed by atoms with Crippen LogP contribution in [-0.4, -0.2) is 73.5 Å². The summed E-state index contributed by atoms with van der Waals surface area (Å²) < 4.78 is 1.95. The minimum atomic E-state index is 0. The first-order valence-corrected chi connectivity index (χ1v) is 10.8. The van der Waals surface area contributed by atoms with Gasteiger partial charge in [0.2, 0.25) is 0 Å². The van der Waals surface area contributed by atoms with Crippen molar-refractivity contribution in [2.75, 3.05) is 57.8 Å². The highest BCUT2D eigenvalue weighted by Crippen LogP contribution is 2.25. The number of halogens is 2. The number of aryl methyl sites for hydroxylation is 1. The molecule has 1 aliphatic heterocycles. The van der Waals surface area contributed by atoms with Gasteiger partial charge in [-0.15, -0.1) is 24.0 Å². The van der Waals surface area contributed by atoms with E-state index in [1.165, 1.54) is 0 Å². The van der Waals surface area contributed by atoms with Crippen molar-refractivity contribution in [3.05, 3.63) is 47.7 Å². The van der Waals surface area contributed by atoms with Gasteiger partial charge < -0.3 is 15.5 Å². The largest absolute Gasteiger partial charge is 0.368 e. The first-order chi connectivity index (χ1) is 14.3. The Kier molecular flexibility index (Phi) is 11.3. The number of nitrogens with zero attached hydrogens (tertiary/aromatic N) is 5. The van der Waals surface area contributed by atoms with E-state index in [0.29, 0.717) is 0 Å². The molecule has 0 amide bonds. The van der Waals surface area contributed by atoms with Crippen LogP contribution in [0.4, 0.5) is 5.69 Å². The molecule has 0 unspecified atom stereocenters. The standard InChI is InChI=1S/C21H32ClN7.HI/c1-23-21(25-10-5-13-29-14-6-11-26-29)24-9-4-12-27-15-17-28(18-16-27)20-8-3-2-7-19(20)22;/h2-3,6-8,11,14H,4-5,9-10,12-13,15-18H2,1H3,(H2,23,24,25);1H. The molecule has 0 bridgehead atoms. The van der Waals surface area contributed by atoms with Gasteiger partial charge >= 0.3 is 0 Å². The molecule has 166 valence electrons. The molecule has 2 heterocycles. The lowest BCUT2D eigenvalue weighted by Gasteiger charge is -2.36. The normalized spacial score (nSPS) is 15.0. The average molecular weight is 546 g/mol. The number of guanidine groups is 1. The number of hydrogen-bond acceptors (Lipinski definition) is 4. The lowest BCUT2D eigenvalue weighted by molar-refractivity contribution is 0.255. The van der Waals surface area contributed by atoms with Crippen molar-refractivity contribution in [2.24, 2.45) is 4.99 Å². The topological polar surface area (TPSA) is 60.7 Å². The number of para-hydroxylation sites is 1. The van der Waals surface area contributed by atoms with Crippen LogP contribution in [-0.2, 0) is 6.54 Å². The van der Waals surface area contributed by atoms with E-state index in [-0.39, 0.29) is 24.0 Å². The first kappa shape index (κ1) is 24.7. The predicted octanol–water partition coefficient (Wildman–Crippen LogP) is 2.92. The number of aromatic nitrogens is 2. The molecule has 1 aliphatic rings. The van der Waals surface area contributed by atoms with Crippen LogP contribution in [0.25, 0.3) is 0 Å². The zero-order valence-electron chi connectivity index (χ0n) is 17.6. The molecule has 1 saturated heterocycles. The number of anilines is 1. The van der Waals surface area contributed by atoms with Gasteiger partial charge in [0.15, 0.2) is 5.96 Å². The van der Waals surface area contributed by atoms with Crippen molar-refractivity contribution < 1.29 is 0 Å². The lowest BCUT2D eigenvalue weighted by atomic mass is 10.2. The van der Waals surface area contributed by atoms with Crippen LogP contribution in [0, 0.1) is 0 Å². The molecule has 1 fully saturated rings. The fraction of sp³-hybridized carbons (Fsp3) is 0.524. The zero-order chi connectivity index (χ0) is 20.3. The van der Waals surface area contributed by atoms with Gasteiger partial charge in [0, 0.05) is 65.3 Å². The molecule has 1 aromatic heterocycles. The quantitative estimate of drug-likeness (QED) is 0.220. The summed E-state index contributed by atoms with van der Waals surface area (Å²) in [6.07, 6.45) is 5.91. The minimum Gasteiger partial charge on any atom is -0.368 e. The maximum Gasteiger partial charge on any atom is 0.190 e. The van der Waals surface area contributed by atoms with E-state index in [9.17, 15) is 0 Å². The number of nitrogens with one attached hydrogen (secondary N) is 2. The van der Waals surface area contributed by atoms with Crippen LogP contribution in [0.1, 0.15) is 12.8 Å². The van der Waals surface area contributed by atoms with Gasteiger partial charge in [-0.1, -0.05) is 23.7 Å². The third-order valence-corrected chi connectivity index (χ3v) is 5.47. The van der Waals surface area contributed by atoms with Crippen LogP contribution < -0.4 is 15.5 Å². The van der Waals surface area contributed by atoms with E-state index < -0.39 is 0 Å². The molecule has 9 heteroatoms. The van der Waals surface area contributed by atoms with E-state index in [4.69, 9.17) is 11.6 Å². The number of benzene rings is 1. The van der Waals surface area contributed by atoms with Crippen LogP contribution in [0.3, 0.4) is 0 Å². The van der Waals surface area contributed by atoms with Gasteiger partial charge in [0.05, 0.1) is 10.7 Å². The van der Waals surface area contributed by atoms with E-state index in [1.54, 1.807) is 0 Å². The Bertz CT molecular complexity index is 746. The summed E-state index contributed by atoms with van der Waals surface area (Å²) in [6, 6.07) is 10.1. The predicted molar refractivity (Wildman–Crippen MR) is 136 cm³/mol. The second kappa shape index (κ2) is 13.7. The maximum atomic E-state index is 6.33. The molecular weight excluding hydrogens is 513 g/mol. The summed E-state index contributed by atoms with van der Waals surface area (Å²) in [7, 11) is 1.82. The van der Waals surface area contributed by atoms with Crippen molar-refractivity contribution >= 4 is 47.2 Å². The number of aliphatic imine (C=N–C) groups is 1. The van der Waals surface area contributed by atoms with Crippen molar-refractivity contribution in [3.8, 4) is 0 Å². The van der Waals surface area contributed by atoms with Gasteiger partial charge in [-0.2, -0.15) is 5.10 Å². The minimum absolute atomic E-state index is 0. The smallest absolute Gasteiger partial charge is 0.190 e. The van der Waals surface area contributed by atoms with Gasteiger partial charge in [0.25, 0.3) is 0 Å². The summed E-state index contributed by atoms with van der Waals surface area (Å²) in [5.41, 5.74) is 1.15. The summed E-state index contributed by atoms with van der Waals surface area (Å²) in [5.74, 6) is 0.869. The second-order valence-electron chi connectivity index (χ2n) is 7.18. The Hall–Kier alpha value is -1.52. The van der Waals surface area contributed by atoms with E-state index in [0.717, 1.165) is 81.9 Å². The molecule has 7 nitrogen and oxygen atoms in total. The van der Waals surface area contributed by atoms with Crippen LogP contribution >= 0.6 is 35.6 Å². The number of hydrogen-bond donors (Lipinski definition) is 2. The average Bonchev–Trinajstić information content (AvgIpc) is 3.27. The number of rotatable bonds is 9. The van der Waals surface area contributed by atoms with E-state index in [2.05, 4.69) is 42.7 Å². The molecule has 0 saturated carbocycles. The van der Waals surface area contributed by atoms with Crippen molar-refractivity contribution in [3.63, 3.8) is 0 Å². The molecule has 3 rings (SSSR count). The molecular formula is C21H33ClIN7. The van der Waals surface area contributed by atoms with Crippen LogP contribution in [0.15, 0.2) is 47.7 Å². The van der Waals surface area contributed by atoms with Gasteiger partial charge in [0.1, 0.15) is 0 Å². The molecule has 2 aromatic rings. The summed E-state index contributed by atoms with van der Waals surface area (Å²) in [5, 5.41) is 11.8. The van der Waals surface area contributed by atoms with E-state index >= 15 is 0 Å². The highest BCUT2D eigenvalue weighted by atomic mass is 127. The van der Waals surface area contributed by atoms with E-state index in [1.807, 2.05) is 42.3 Å². The highest BCUT2D eigenvalue weighted by molar-refractivity contribution is 14.0. The Morgan fingerprint density at radius 2 is 1.73 bits per heavy atom. The van der Waals surface area contributed by atoms with Crippen LogP contribution in [0.2, 0.25) is 5.02 Å². The molecule has 2 N–H and O–H groups in total. The lowest BCUT2D eigenvalue weighted by Crippen LogP contribution is -2.47. The van der Waals surface area contributed by atoms with Crippen molar-refractivity contribution in [1.82, 2.24) is 25.3 Å². The summed E-state index contributed by atoms with van der Waals surface area (Å²) >= 11 is 6.33. The van der Waals surface area contributed by atoms with Gasteiger partial charge in [-0.05, 0) is 37.6 Å². The molecule has 0 atom stereocenters. The molecule has 0 spiro atoms. The van der Waals surface area contributed by atoms with Crippen molar-refractivity contribution in [1.29, 1.82) is 0 Å². The Balaban J connectivity index is 0.00000320.